The molecule has 2 aliphatic heterocycles. The van der Waals surface area contributed by atoms with E-state index in [1.807, 2.05) is 25.1 Å². The summed E-state index contributed by atoms with van der Waals surface area (Å²) in [5, 5.41) is 0. The van der Waals surface area contributed by atoms with Crippen LogP contribution in [0.4, 0.5) is 0 Å². The number of thioether (sulfide) groups is 1. The number of hydrogen-bond acceptors (Lipinski definition) is 5. The summed E-state index contributed by atoms with van der Waals surface area (Å²) in [5.74, 6) is 0.414. The predicted molar refractivity (Wildman–Crippen MR) is 103 cm³/mol. The Morgan fingerprint density at radius 2 is 1.74 bits per heavy atom. The molecule has 2 heterocycles. The quantitative estimate of drug-likeness (QED) is 0.462. The Morgan fingerprint density at radius 1 is 1.07 bits per heavy atom. The summed E-state index contributed by atoms with van der Waals surface area (Å²) in [6.07, 6.45) is 1.24. The van der Waals surface area contributed by atoms with E-state index in [1.54, 1.807) is 53.1 Å². The van der Waals surface area contributed by atoms with Gasteiger partial charge in [0.15, 0.2) is 5.78 Å². The van der Waals surface area contributed by atoms with Crippen LogP contribution >= 0.6 is 11.8 Å². The number of carbonyl (C=O) groups excluding carboxylic acids is 3. The standard InChI is InChI=1S/C21H19NO4S/c1-21-12-11-18(23)22(21)17(13-27-21)20(25)26-16-9-7-15(8-10-16)19(24)14-5-3-2-4-6-14/h2-10,17H,11-13H2,1H3/t17-,21-/m1/s1. The lowest BCUT2D eigenvalue weighted by atomic mass is 10.0. The van der Waals surface area contributed by atoms with Crippen LogP contribution in [0.3, 0.4) is 0 Å². The second kappa shape index (κ2) is 6.85. The molecule has 0 unspecified atom stereocenters. The van der Waals surface area contributed by atoms with Crippen LogP contribution in [0.5, 0.6) is 5.75 Å². The normalized spacial score (nSPS) is 24.0. The van der Waals surface area contributed by atoms with Crippen molar-refractivity contribution in [3.8, 4) is 5.75 Å². The lowest BCUT2D eigenvalue weighted by Gasteiger charge is -2.29. The lowest BCUT2D eigenvalue weighted by molar-refractivity contribution is -0.146. The zero-order chi connectivity index (χ0) is 19.0. The van der Waals surface area contributed by atoms with Gasteiger partial charge in [-0.05, 0) is 37.6 Å². The minimum absolute atomic E-state index is 0.00764. The Kier molecular flexibility index (Phi) is 4.52. The van der Waals surface area contributed by atoms with E-state index in [9.17, 15) is 14.4 Å². The van der Waals surface area contributed by atoms with Crippen molar-refractivity contribution in [3.05, 3.63) is 65.7 Å². The van der Waals surface area contributed by atoms with E-state index >= 15 is 0 Å². The largest absolute Gasteiger partial charge is 0.425 e. The molecule has 0 aliphatic carbocycles. The number of carbonyl (C=O) groups is 3. The molecule has 2 aromatic carbocycles. The molecule has 5 nitrogen and oxygen atoms in total. The van der Waals surface area contributed by atoms with Crippen LogP contribution in [0.25, 0.3) is 0 Å². The van der Waals surface area contributed by atoms with Gasteiger partial charge in [0.05, 0.1) is 4.87 Å². The molecule has 27 heavy (non-hydrogen) atoms. The number of esters is 1. The van der Waals surface area contributed by atoms with Crippen LogP contribution in [-0.2, 0) is 9.59 Å². The maximum Gasteiger partial charge on any atom is 0.335 e. The molecule has 2 saturated heterocycles. The van der Waals surface area contributed by atoms with Crippen molar-refractivity contribution < 1.29 is 19.1 Å². The number of benzene rings is 2. The Labute approximate surface area is 161 Å². The zero-order valence-corrected chi connectivity index (χ0v) is 15.7. The predicted octanol–water partition coefficient (Wildman–Crippen LogP) is 3.28. The number of ether oxygens (including phenoxy) is 1. The number of nitrogens with zero attached hydrogens (tertiary/aromatic N) is 1. The molecule has 2 fully saturated rings. The van der Waals surface area contributed by atoms with Crippen molar-refractivity contribution in [1.29, 1.82) is 0 Å². The molecule has 0 radical (unpaired) electrons. The molecular formula is C21H19NO4S. The second-order valence-electron chi connectivity index (χ2n) is 6.91. The lowest BCUT2D eigenvalue weighted by Crippen LogP contribution is -2.47. The third kappa shape index (κ3) is 3.25. The number of fused-ring (bicyclic) bond motifs is 1. The van der Waals surface area contributed by atoms with Crippen LogP contribution in [-0.4, -0.2) is 39.2 Å². The molecule has 2 aliphatic rings. The van der Waals surface area contributed by atoms with Gasteiger partial charge in [-0.1, -0.05) is 30.3 Å². The molecule has 6 heteroatoms. The van der Waals surface area contributed by atoms with Crippen molar-refractivity contribution >= 4 is 29.4 Å². The van der Waals surface area contributed by atoms with Gasteiger partial charge in [0, 0.05) is 23.3 Å². The number of rotatable bonds is 4. The third-order valence-corrected chi connectivity index (χ3v) is 6.59. The minimum atomic E-state index is -0.555. The molecule has 0 aromatic heterocycles. The summed E-state index contributed by atoms with van der Waals surface area (Å²) in [7, 11) is 0. The maximum absolute atomic E-state index is 12.6. The van der Waals surface area contributed by atoms with Crippen molar-refractivity contribution in [2.45, 2.75) is 30.7 Å². The summed E-state index contributed by atoms with van der Waals surface area (Å²) in [5.41, 5.74) is 1.14. The maximum atomic E-state index is 12.6. The highest BCUT2D eigenvalue weighted by atomic mass is 32.2. The van der Waals surface area contributed by atoms with Gasteiger partial charge < -0.3 is 9.64 Å². The Bertz CT molecular complexity index is 896. The smallest absolute Gasteiger partial charge is 0.335 e. The first-order chi connectivity index (χ1) is 13.0. The fraction of sp³-hybridized carbons (Fsp3) is 0.286. The molecule has 0 N–H and O–H groups in total. The Hall–Kier alpha value is -2.60. The van der Waals surface area contributed by atoms with Crippen LogP contribution in [0, 0.1) is 0 Å². The molecule has 1 amide bonds. The highest BCUT2D eigenvalue weighted by Crippen LogP contribution is 2.47. The highest BCUT2D eigenvalue weighted by Gasteiger charge is 2.53. The van der Waals surface area contributed by atoms with Crippen molar-refractivity contribution in [1.82, 2.24) is 4.90 Å². The molecular weight excluding hydrogens is 362 g/mol. The van der Waals surface area contributed by atoms with Crippen molar-refractivity contribution in [2.75, 3.05) is 5.75 Å². The highest BCUT2D eigenvalue weighted by molar-refractivity contribution is 8.01. The van der Waals surface area contributed by atoms with Crippen molar-refractivity contribution in [2.24, 2.45) is 0 Å². The monoisotopic (exact) mass is 381 g/mol. The molecule has 2 aromatic rings. The first-order valence-corrected chi connectivity index (χ1v) is 9.84. The number of hydrogen-bond donors (Lipinski definition) is 0. The fourth-order valence-electron chi connectivity index (χ4n) is 3.61. The van der Waals surface area contributed by atoms with Gasteiger partial charge in [0.1, 0.15) is 11.8 Å². The molecule has 138 valence electrons. The van der Waals surface area contributed by atoms with E-state index in [0.29, 0.717) is 29.1 Å². The zero-order valence-electron chi connectivity index (χ0n) is 14.9. The summed E-state index contributed by atoms with van der Waals surface area (Å²) < 4.78 is 5.48. The van der Waals surface area contributed by atoms with Gasteiger partial charge in [0.2, 0.25) is 5.91 Å². The van der Waals surface area contributed by atoms with Gasteiger partial charge in [0.25, 0.3) is 0 Å². The van der Waals surface area contributed by atoms with Crippen LogP contribution in [0.2, 0.25) is 0 Å². The van der Waals surface area contributed by atoms with E-state index in [1.165, 1.54) is 0 Å². The molecule has 2 atom stereocenters. The van der Waals surface area contributed by atoms with E-state index < -0.39 is 12.0 Å². The van der Waals surface area contributed by atoms with E-state index in [-0.39, 0.29) is 16.6 Å². The third-order valence-electron chi connectivity index (χ3n) is 5.09. The first kappa shape index (κ1) is 17.8. The number of amides is 1. The van der Waals surface area contributed by atoms with Crippen LogP contribution in [0.1, 0.15) is 35.7 Å². The Morgan fingerprint density at radius 3 is 2.44 bits per heavy atom. The number of ketones is 1. The van der Waals surface area contributed by atoms with Crippen LogP contribution in [0.15, 0.2) is 54.6 Å². The van der Waals surface area contributed by atoms with Gasteiger partial charge in [-0.15, -0.1) is 11.8 Å². The summed E-state index contributed by atoms with van der Waals surface area (Å²) in [4.78, 5) is 38.5. The average Bonchev–Trinajstić information content (AvgIpc) is 3.18. The average molecular weight is 381 g/mol. The SMILES string of the molecule is C[C@@]12CCC(=O)N1[C@@H](C(=O)Oc1ccc(C(=O)c3ccccc3)cc1)CS2. The van der Waals surface area contributed by atoms with Gasteiger partial charge in [-0.25, -0.2) is 4.79 Å². The van der Waals surface area contributed by atoms with Gasteiger partial charge in [-0.2, -0.15) is 0 Å². The van der Waals surface area contributed by atoms with E-state index in [4.69, 9.17) is 4.74 Å². The summed E-state index contributed by atoms with van der Waals surface area (Å²) in [6, 6.07) is 15.0. The van der Waals surface area contributed by atoms with Gasteiger partial charge >= 0.3 is 5.97 Å². The first-order valence-electron chi connectivity index (χ1n) is 8.85. The summed E-state index contributed by atoms with van der Waals surface area (Å²) >= 11 is 1.63. The molecule has 4 rings (SSSR count). The molecule has 0 saturated carbocycles. The van der Waals surface area contributed by atoms with E-state index in [2.05, 4.69) is 0 Å². The van der Waals surface area contributed by atoms with Crippen molar-refractivity contribution in [3.63, 3.8) is 0 Å². The van der Waals surface area contributed by atoms with E-state index in [0.717, 1.165) is 6.42 Å². The fourth-order valence-corrected chi connectivity index (χ4v) is 5.03. The van der Waals surface area contributed by atoms with Gasteiger partial charge in [-0.3, -0.25) is 9.59 Å². The molecule has 0 spiro atoms. The van der Waals surface area contributed by atoms with Crippen LogP contribution < -0.4 is 4.74 Å². The minimum Gasteiger partial charge on any atom is -0.425 e. The topological polar surface area (TPSA) is 63.7 Å². The second-order valence-corrected chi connectivity index (χ2v) is 8.41. The Balaban J connectivity index is 1.45. The molecule has 0 bridgehead atoms. The summed E-state index contributed by atoms with van der Waals surface area (Å²) in [6.45, 7) is 2.00.